The van der Waals surface area contributed by atoms with E-state index in [4.69, 9.17) is 4.74 Å². The molecule has 19 heavy (non-hydrogen) atoms. The molecule has 0 N–H and O–H groups in total. The van der Waals surface area contributed by atoms with E-state index in [9.17, 15) is 10.1 Å². The van der Waals surface area contributed by atoms with E-state index < -0.39 is 4.92 Å². The lowest BCUT2D eigenvalue weighted by Crippen LogP contribution is -1.97. The topological polar surface area (TPSA) is 52.4 Å². The van der Waals surface area contributed by atoms with Gasteiger partial charge in [-0.2, -0.15) is 0 Å². The van der Waals surface area contributed by atoms with Crippen molar-refractivity contribution in [1.82, 2.24) is 0 Å². The van der Waals surface area contributed by atoms with Crippen molar-refractivity contribution < 1.29 is 9.66 Å². The number of halogens is 2. The van der Waals surface area contributed by atoms with Crippen LogP contribution in [0, 0.1) is 13.7 Å². The second kappa shape index (κ2) is 6.33. The average molecular weight is 434 g/mol. The smallest absolute Gasteiger partial charge is 0.270 e. The van der Waals surface area contributed by atoms with Crippen LogP contribution < -0.4 is 4.74 Å². The second-order valence-electron chi connectivity index (χ2n) is 3.78. The molecular weight excluding hydrogens is 425 g/mol. The quantitative estimate of drug-likeness (QED) is 0.404. The number of ether oxygens (including phenoxy) is 1. The van der Waals surface area contributed by atoms with Gasteiger partial charge in [0, 0.05) is 25.7 Å². The fourth-order valence-electron chi connectivity index (χ4n) is 1.48. The highest BCUT2D eigenvalue weighted by molar-refractivity contribution is 14.1. The van der Waals surface area contributed by atoms with Crippen LogP contribution in [0.3, 0.4) is 0 Å². The molecule has 4 nitrogen and oxygen atoms in total. The van der Waals surface area contributed by atoms with Crippen molar-refractivity contribution in [2.24, 2.45) is 0 Å². The Bertz CT molecular complexity index is 619. The van der Waals surface area contributed by atoms with E-state index in [0.29, 0.717) is 11.1 Å². The van der Waals surface area contributed by atoms with Gasteiger partial charge in [-0.05, 0) is 46.9 Å². The summed E-state index contributed by atoms with van der Waals surface area (Å²) in [6.45, 7) is 0.360. The fourth-order valence-corrected chi connectivity index (χ4v) is 2.48. The number of nitrogens with zero attached hydrogens (tertiary/aromatic N) is 1. The minimum Gasteiger partial charge on any atom is -0.489 e. The van der Waals surface area contributed by atoms with Gasteiger partial charge >= 0.3 is 0 Å². The zero-order valence-corrected chi connectivity index (χ0v) is 13.4. The molecular formula is C13H9BrINO3. The van der Waals surface area contributed by atoms with Crippen LogP contribution in [0.25, 0.3) is 0 Å². The number of non-ortho nitro benzene ring substituents is 1. The van der Waals surface area contributed by atoms with Crippen molar-refractivity contribution in [3.63, 3.8) is 0 Å². The number of benzene rings is 2. The third-order valence-electron chi connectivity index (χ3n) is 2.44. The molecule has 0 unspecified atom stereocenters. The molecule has 0 bridgehead atoms. The Kier molecular flexibility index (Phi) is 4.76. The van der Waals surface area contributed by atoms with Gasteiger partial charge in [0.15, 0.2) is 0 Å². The Labute approximate surface area is 132 Å². The zero-order chi connectivity index (χ0) is 13.8. The molecule has 0 radical (unpaired) electrons. The van der Waals surface area contributed by atoms with E-state index in [2.05, 4.69) is 38.5 Å². The molecule has 0 aliphatic heterocycles. The summed E-state index contributed by atoms with van der Waals surface area (Å²) in [7, 11) is 0. The molecule has 6 heteroatoms. The first-order valence-corrected chi connectivity index (χ1v) is 7.24. The van der Waals surface area contributed by atoms with E-state index >= 15 is 0 Å². The SMILES string of the molecule is O=[N+]([O-])c1ccc(COc2cccc(I)c2)c(Br)c1. The lowest BCUT2D eigenvalue weighted by atomic mass is 10.2. The van der Waals surface area contributed by atoms with Crippen molar-refractivity contribution in [3.8, 4) is 5.75 Å². The summed E-state index contributed by atoms with van der Waals surface area (Å²) in [4.78, 5) is 10.2. The highest BCUT2D eigenvalue weighted by Gasteiger charge is 2.09. The van der Waals surface area contributed by atoms with Crippen LogP contribution in [0.2, 0.25) is 0 Å². The molecule has 98 valence electrons. The van der Waals surface area contributed by atoms with E-state index in [-0.39, 0.29) is 5.69 Å². The molecule has 0 saturated carbocycles. The molecule has 0 aliphatic carbocycles. The van der Waals surface area contributed by atoms with Gasteiger partial charge < -0.3 is 4.74 Å². The van der Waals surface area contributed by atoms with Crippen LogP contribution >= 0.6 is 38.5 Å². The van der Waals surface area contributed by atoms with E-state index in [1.807, 2.05) is 24.3 Å². The molecule has 0 saturated heterocycles. The summed E-state index contributed by atoms with van der Waals surface area (Å²) in [6.07, 6.45) is 0. The molecule has 2 aromatic carbocycles. The Morgan fingerprint density at radius 2 is 2.05 bits per heavy atom. The van der Waals surface area contributed by atoms with Crippen LogP contribution in [0.1, 0.15) is 5.56 Å². The Balaban J connectivity index is 2.10. The van der Waals surface area contributed by atoms with E-state index in [0.717, 1.165) is 14.9 Å². The van der Waals surface area contributed by atoms with Gasteiger partial charge in [0.05, 0.1) is 4.92 Å². The Morgan fingerprint density at radius 1 is 1.26 bits per heavy atom. The first-order valence-electron chi connectivity index (χ1n) is 5.37. The highest BCUT2D eigenvalue weighted by Crippen LogP contribution is 2.24. The Hall–Kier alpha value is -1.15. The number of hydrogen-bond acceptors (Lipinski definition) is 3. The van der Waals surface area contributed by atoms with Gasteiger partial charge in [0.1, 0.15) is 12.4 Å². The largest absolute Gasteiger partial charge is 0.489 e. The van der Waals surface area contributed by atoms with Crippen molar-refractivity contribution in [1.29, 1.82) is 0 Å². The van der Waals surface area contributed by atoms with Crippen LogP contribution in [0.15, 0.2) is 46.9 Å². The second-order valence-corrected chi connectivity index (χ2v) is 5.88. The predicted octanol–water partition coefficient (Wildman–Crippen LogP) is 4.54. The van der Waals surface area contributed by atoms with Crippen molar-refractivity contribution >= 4 is 44.2 Å². The maximum atomic E-state index is 10.6. The summed E-state index contributed by atoms with van der Waals surface area (Å²) < 4.78 is 7.42. The molecule has 0 heterocycles. The van der Waals surface area contributed by atoms with Gasteiger partial charge in [-0.1, -0.05) is 22.0 Å². The molecule has 0 aromatic heterocycles. The van der Waals surface area contributed by atoms with Gasteiger partial charge in [0.25, 0.3) is 5.69 Å². The fraction of sp³-hybridized carbons (Fsp3) is 0.0769. The van der Waals surface area contributed by atoms with Crippen molar-refractivity contribution in [2.75, 3.05) is 0 Å². The van der Waals surface area contributed by atoms with Crippen LogP contribution in [-0.2, 0) is 6.61 Å². The predicted molar refractivity (Wildman–Crippen MR) is 84.3 cm³/mol. The standard InChI is InChI=1S/C13H9BrINO3/c14-13-7-11(16(17)18)5-4-9(13)8-19-12-3-1-2-10(15)6-12/h1-7H,8H2. The third-order valence-corrected chi connectivity index (χ3v) is 3.85. The number of nitro benzene ring substituents is 1. The summed E-state index contributed by atoms with van der Waals surface area (Å²) in [5, 5.41) is 10.6. The van der Waals surface area contributed by atoms with E-state index in [1.54, 1.807) is 6.07 Å². The lowest BCUT2D eigenvalue weighted by Gasteiger charge is -2.08. The van der Waals surface area contributed by atoms with Gasteiger partial charge in [-0.25, -0.2) is 0 Å². The maximum Gasteiger partial charge on any atom is 0.270 e. The normalized spacial score (nSPS) is 10.2. The molecule has 2 aromatic rings. The van der Waals surface area contributed by atoms with Gasteiger partial charge in [0.2, 0.25) is 0 Å². The first-order chi connectivity index (χ1) is 9.06. The Morgan fingerprint density at radius 3 is 2.68 bits per heavy atom. The molecule has 0 amide bonds. The van der Waals surface area contributed by atoms with Crippen molar-refractivity contribution in [3.05, 3.63) is 66.2 Å². The molecule has 0 aliphatic rings. The molecule has 0 spiro atoms. The summed E-state index contributed by atoms with van der Waals surface area (Å²) >= 11 is 5.53. The third kappa shape index (κ3) is 3.90. The number of hydrogen-bond donors (Lipinski definition) is 0. The van der Waals surface area contributed by atoms with Crippen LogP contribution in [0.5, 0.6) is 5.75 Å². The highest BCUT2D eigenvalue weighted by atomic mass is 127. The average Bonchev–Trinajstić information content (AvgIpc) is 2.37. The van der Waals surface area contributed by atoms with Crippen molar-refractivity contribution in [2.45, 2.75) is 6.61 Å². The summed E-state index contributed by atoms with van der Waals surface area (Å²) in [5.74, 6) is 0.775. The van der Waals surface area contributed by atoms with Crippen LogP contribution in [0.4, 0.5) is 5.69 Å². The molecule has 0 atom stereocenters. The first kappa shape index (κ1) is 14.3. The van der Waals surface area contributed by atoms with Gasteiger partial charge in [-0.15, -0.1) is 0 Å². The van der Waals surface area contributed by atoms with E-state index in [1.165, 1.54) is 12.1 Å². The number of rotatable bonds is 4. The molecule has 0 fully saturated rings. The summed E-state index contributed by atoms with van der Waals surface area (Å²) in [5.41, 5.74) is 0.925. The molecule has 2 rings (SSSR count). The van der Waals surface area contributed by atoms with Crippen LogP contribution in [-0.4, -0.2) is 4.92 Å². The minimum atomic E-state index is -0.422. The number of nitro groups is 1. The monoisotopic (exact) mass is 433 g/mol. The summed E-state index contributed by atoms with van der Waals surface area (Å²) in [6, 6.07) is 12.3. The van der Waals surface area contributed by atoms with Gasteiger partial charge in [-0.3, -0.25) is 10.1 Å². The lowest BCUT2D eigenvalue weighted by molar-refractivity contribution is -0.384. The minimum absolute atomic E-state index is 0.0601. The zero-order valence-electron chi connectivity index (χ0n) is 9.68. The maximum absolute atomic E-state index is 10.6.